The van der Waals surface area contributed by atoms with E-state index in [1.54, 1.807) is 42.1 Å². The highest BCUT2D eigenvalue weighted by Crippen LogP contribution is 2.16. The summed E-state index contributed by atoms with van der Waals surface area (Å²) < 4.78 is 42.2. The number of ether oxygens (including phenoxy) is 1. The lowest BCUT2D eigenvalue weighted by atomic mass is 10.1. The van der Waals surface area contributed by atoms with Gasteiger partial charge in [-0.25, -0.2) is 4.79 Å². The largest absolute Gasteiger partial charge is 0.411 e. The summed E-state index contributed by atoms with van der Waals surface area (Å²) in [4.78, 5) is 11.9. The second-order valence-electron chi connectivity index (χ2n) is 5.53. The number of rotatable bonds is 6. The molecule has 0 aliphatic carbocycles. The Kier molecular flexibility index (Phi) is 6.02. The number of carbonyl (C=O) groups excluding carboxylic acids is 1. The molecule has 2 rings (SSSR count). The van der Waals surface area contributed by atoms with Gasteiger partial charge in [0.25, 0.3) is 0 Å². The molecule has 0 atom stereocenters. The van der Waals surface area contributed by atoms with E-state index < -0.39 is 12.8 Å². The third-order valence-corrected chi connectivity index (χ3v) is 3.25. The van der Waals surface area contributed by atoms with Gasteiger partial charge in [0.2, 0.25) is 0 Å². The first kappa shape index (κ1) is 18.8. The highest BCUT2D eigenvalue weighted by Gasteiger charge is 2.27. The predicted molar refractivity (Wildman–Crippen MR) is 86.0 cm³/mol. The van der Waals surface area contributed by atoms with Crippen molar-refractivity contribution in [3.8, 4) is 0 Å². The van der Waals surface area contributed by atoms with Crippen molar-refractivity contribution in [3.63, 3.8) is 0 Å². The molecule has 1 aromatic carbocycles. The molecule has 0 saturated heterocycles. The van der Waals surface area contributed by atoms with Crippen LogP contribution in [0.25, 0.3) is 0 Å². The zero-order valence-corrected chi connectivity index (χ0v) is 13.9. The van der Waals surface area contributed by atoms with Crippen LogP contribution in [0.4, 0.5) is 23.8 Å². The van der Waals surface area contributed by atoms with Crippen molar-refractivity contribution < 1.29 is 22.7 Å². The van der Waals surface area contributed by atoms with E-state index in [1.165, 1.54) is 0 Å². The normalized spacial score (nSPS) is 11.4. The summed E-state index contributed by atoms with van der Waals surface area (Å²) in [6.07, 6.45) is -4.33. The van der Waals surface area contributed by atoms with Gasteiger partial charge in [0.05, 0.1) is 12.3 Å². The van der Waals surface area contributed by atoms with Gasteiger partial charge in [-0.1, -0.05) is 24.3 Å². The zero-order valence-electron chi connectivity index (χ0n) is 13.9. The Balaban J connectivity index is 1.77. The van der Waals surface area contributed by atoms with Crippen LogP contribution in [0.5, 0.6) is 0 Å². The van der Waals surface area contributed by atoms with Crippen LogP contribution in [-0.4, -0.2) is 28.6 Å². The van der Waals surface area contributed by atoms with E-state index in [4.69, 9.17) is 0 Å². The Morgan fingerprint density at radius 2 is 1.88 bits per heavy atom. The van der Waals surface area contributed by atoms with Crippen LogP contribution in [0.3, 0.4) is 0 Å². The molecule has 0 radical (unpaired) electrons. The average molecular weight is 356 g/mol. The smallest absolute Gasteiger partial charge is 0.367 e. The standard InChI is InChI=1S/C16H19F3N4O2/c1-11-7-14(23(2)22-11)21-15(24)20-8-12-3-5-13(6-4-12)9-25-10-16(17,18)19/h3-7H,8-10H2,1-2H3,(H2,20,21,24). The van der Waals surface area contributed by atoms with E-state index in [2.05, 4.69) is 20.5 Å². The fourth-order valence-corrected chi connectivity index (χ4v) is 2.11. The summed E-state index contributed by atoms with van der Waals surface area (Å²) in [5.74, 6) is 0.576. The van der Waals surface area contributed by atoms with Gasteiger partial charge < -0.3 is 10.1 Å². The highest BCUT2D eigenvalue weighted by molar-refractivity contribution is 5.88. The van der Waals surface area contributed by atoms with Crippen molar-refractivity contribution >= 4 is 11.8 Å². The monoisotopic (exact) mass is 356 g/mol. The molecule has 0 bridgehead atoms. The minimum atomic E-state index is -4.33. The van der Waals surface area contributed by atoms with Crippen molar-refractivity contribution in [2.24, 2.45) is 7.05 Å². The Morgan fingerprint density at radius 1 is 1.24 bits per heavy atom. The predicted octanol–water partition coefficient (Wildman–Crippen LogP) is 3.13. The summed E-state index contributed by atoms with van der Waals surface area (Å²) in [6, 6.07) is 8.14. The summed E-state index contributed by atoms with van der Waals surface area (Å²) in [6.45, 7) is 0.715. The Bertz CT molecular complexity index is 711. The number of aromatic nitrogens is 2. The van der Waals surface area contributed by atoms with E-state index >= 15 is 0 Å². The molecule has 0 fully saturated rings. The Labute approximate surface area is 143 Å². The number of aryl methyl sites for hydroxylation is 2. The number of benzene rings is 1. The molecule has 9 heteroatoms. The SMILES string of the molecule is Cc1cc(NC(=O)NCc2ccc(COCC(F)(F)F)cc2)n(C)n1. The molecule has 1 heterocycles. The number of alkyl halides is 3. The van der Waals surface area contributed by atoms with Gasteiger partial charge in [-0.3, -0.25) is 10.00 Å². The van der Waals surface area contributed by atoms with E-state index in [0.29, 0.717) is 11.4 Å². The third kappa shape index (κ3) is 6.46. The van der Waals surface area contributed by atoms with Crippen LogP contribution in [0.1, 0.15) is 16.8 Å². The molecule has 25 heavy (non-hydrogen) atoms. The minimum Gasteiger partial charge on any atom is -0.367 e. The van der Waals surface area contributed by atoms with Crippen molar-refractivity contribution in [1.29, 1.82) is 0 Å². The third-order valence-electron chi connectivity index (χ3n) is 3.25. The maximum absolute atomic E-state index is 12.0. The topological polar surface area (TPSA) is 68.2 Å². The van der Waals surface area contributed by atoms with Gasteiger partial charge >= 0.3 is 12.2 Å². The highest BCUT2D eigenvalue weighted by atomic mass is 19.4. The molecule has 0 aliphatic rings. The number of nitrogens with one attached hydrogen (secondary N) is 2. The second kappa shape index (κ2) is 8.02. The number of halogens is 3. The summed E-state index contributed by atoms with van der Waals surface area (Å²) in [7, 11) is 1.72. The Morgan fingerprint density at radius 3 is 2.44 bits per heavy atom. The van der Waals surface area contributed by atoms with Gasteiger partial charge in [0.15, 0.2) is 0 Å². The van der Waals surface area contributed by atoms with Crippen LogP contribution in [0, 0.1) is 6.92 Å². The molecule has 136 valence electrons. The molecule has 2 amide bonds. The molecular weight excluding hydrogens is 337 g/mol. The number of amides is 2. The maximum atomic E-state index is 12.0. The molecule has 0 spiro atoms. The number of hydrogen-bond donors (Lipinski definition) is 2. The lowest BCUT2D eigenvalue weighted by Gasteiger charge is -2.09. The van der Waals surface area contributed by atoms with Crippen LogP contribution in [-0.2, 0) is 24.9 Å². The van der Waals surface area contributed by atoms with Crippen LogP contribution in [0.15, 0.2) is 30.3 Å². The van der Waals surface area contributed by atoms with Crippen LogP contribution in [0.2, 0.25) is 0 Å². The lowest BCUT2D eigenvalue weighted by Crippen LogP contribution is -2.29. The fourth-order valence-electron chi connectivity index (χ4n) is 2.11. The summed E-state index contributed by atoms with van der Waals surface area (Å²) in [5.41, 5.74) is 2.24. The molecule has 0 aliphatic heterocycles. The molecule has 2 N–H and O–H groups in total. The second-order valence-corrected chi connectivity index (χ2v) is 5.53. The first-order valence-corrected chi connectivity index (χ1v) is 7.51. The van der Waals surface area contributed by atoms with Crippen molar-refractivity contribution in [2.75, 3.05) is 11.9 Å². The molecule has 0 saturated carbocycles. The Hall–Kier alpha value is -2.55. The lowest BCUT2D eigenvalue weighted by molar-refractivity contribution is -0.176. The average Bonchev–Trinajstić information content (AvgIpc) is 2.83. The van der Waals surface area contributed by atoms with Crippen molar-refractivity contribution in [1.82, 2.24) is 15.1 Å². The molecule has 6 nitrogen and oxygen atoms in total. The zero-order chi connectivity index (χ0) is 18.4. The van der Waals surface area contributed by atoms with Crippen LogP contribution >= 0.6 is 0 Å². The molecule has 2 aromatic rings. The van der Waals surface area contributed by atoms with E-state index in [9.17, 15) is 18.0 Å². The van der Waals surface area contributed by atoms with Gasteiger partial charge in [-0.2, -0.15) is 18.3 Å². The van der Waals surface area contributed by atoms with Crippen molar-refractivity contribution in [2.45, 2.75) is 26.3 Å². The molecule has 0 unspecified atom stereocenters. The maximum Gasteiger partial charge on any atom is 0.411 e. The number of urea groups is 1. The number of carbonyl (C=O) groups is 1. The number of nitrogens with zero attached hydrogens (tertiary/aromatic N) is 2. The van der Waals surface area contributed by atoms with Gasteiger partial charge in [-0.05, 0) is 18.1 Å². The van der Waals surface area contributed by atoms with Gasteiger partial charge in [0.1, 0.15) is 12.4 Å². The minimum absolute atomic E-state index is 0.118. The molecule has 1 aromatic heterocycles. The van der Waals surface area contributed by atoms with E-state index in [1.807, 2.05) is 6.92 Å². The fraction of sp³-hybridized carbons (Fsp3) is 0.375. The number of anilines is 1. The van der Waals surface area contributed by atoms with Gasteiger partial charge in [-0.15, -0.1) is 0 Å². The van der Waals surface area contributed by atoms with Gasteiger partial charge in [0, 0.05) is 19.7 Å². The quantitative estimate of drug-likeness (QED) is 0.836. The number of hydrogen-bond acceptors (Lipinski definition) is 3. The first-order valence-electron chi connectivity index (χ1n) is 7.51. The summed E-state index contributed by atoms with van der Waals surface area (Å²) in [5, 5.41) is 9.50. The van der Waals surface area contributed by atoms with E-state index in [-0.39, 0.29) is 19.2 Å². The first-order chi connectivity index (χ1) is 11.7. The van der Waals surface area contributed by atoms with E-state index in [0.717, 1.165) is 11.3 Å². The van der Waals surface area contributed by atoms with Crippen LogP contribution < -0.4 is 10.6 Å². The summed E-state index contributed by atoms with van der Waals surface area (Å²) >= 11 is 0. The van der Waals surface area contributed by atoms with Crippen molar-refractivity contribution in [3.05, 3.63) is 47.2 Å². The molecular formula is C16H19F3N4O2.